The van der Waals surface area contributed by atoms with Crippen molar-refractivity contribution in [3.05, 3.63) is 149 Å². The van der Waals surface area contributed by atoms with Gasteiger partial charge in [0.15, 0.2) is 0 Å². The van der Waals surface area contributed by atoms with E-state index >= 15 is 0 Å². The molecule has 0 spiro atoms. The second-order valence-electron chi connectivity index (χ2n) is 14.2. The molecule has 7 rings (SSSR count). The van der Waals surface area contributed by atoms with E-state index in [-0.39, 0.29) is 25.2 Å². The summed E-state index contributed by atoms with van der Waals surface area (Å²) in [6, 6.07) is 25.8. The van der Waals surface area contributed by atoms with Gasteiger partial charge in [0, 0.05) is 28.7 Å². The van der Waals surface area contributed by atoms with Crippen molar-refractivity contribution < 1.29 is 66.0 Å². The van der Waals surface area contributed by atoms with Crippen molar-refractivity contribution in [3.8, 4) is 61.6 Å². The average molecular weight is 1030 g/mol. The molecule has 6 aromatic heterocycles. The van der Waals surface area contributed by atoms with Crippen molar-refractivity contribution in [2.75, 3.05) is 7.11 Å². The molecule has 0 saturated heterocycles. The predicted octanol–water partition coefficient (Wildman–Crippen LogP) is 11.1. The van der Waals surface area contributed by atoms with E-state index in [0.29, 0.717) is 70.5 Å². The summed E-state index contributed by atoms with van der Waals surface area (Å²) in [5.74, 6) is 0.577. The van der Waals surface area contributed by atoms with Crippen molar-refractivity contribution in [1.82, 2.24) is 30.1 Å². The van der Waals surface area contributed by atoms with Crippen LogP contribution in [0.4, 0.5) is 13.2 Å². The number of hydrogen-bond donors (Lipinski definition) is 0. The number of benzene rings is 1. The van der Waals surface area contributed by atoms with E-state index in [9.17, 15) is 27.6 Å². The van der Waals surface area contributed by atoms with Crippen LogP contribution in [0.3, 0.4) is 0 Å². The molecular weight excluding hydrogens is 987 g/mol. The second-order valence-corrected chi connectivity index (χ2v) is 15.1. The molecule has 6 heterocycles. The van der Waals surface area contributed by atoms with Crippen molar-refractivity contribution in [2.24, 2.45) is 0 Å². The molecule has 0 atom stereocenters. The number of halogens is 3. The van der Waals surface area contributed by atoms with Crippen LogP contribution in [0.25, 0.3) is 74.1 Å². The molecule has 0 aliphatic carbocycles. The van der Waals surface area contributed by atoms with E-state index in [1.165, 1.54) is 37.2 Å². The van der Waals surface area contributed by atoms with Gasteiger partial charge in [-0.15, -0.1) is 35.6 Å². The van der Waals surface area contributed by atoms with Crippen molar-refractivity contribution >= 4 is 49.0 Å². The molecule has 0 unspecified atom stereocenters. The zero-order chi connectivity index (χ0) is 47.4. The van der Waals surface area contributed by atoms with E-state index in [0.717, 1.165) is 46.9 Å². The zero-order valence-corrected chi connectivity index (χ0v) is 39.0. The van der Waals surface area contributed by atoms with Gasteiger partial charge in [-0.3, -0.25) is 29.3 Å². The van der Waals surface area contributed by atoms with Gasteiger partial charge in [-0.05, 0) is 125 Å². The first-order valence-electron chi connectivity index (χ1n) is 20.6. The summed E-state index contributed by atoms with van der Waals surface area (Å²) in [4.78, 5) is 50.3. The smallest absolute Gasteiger partial charge is 0.573 e. The van der Waals surface area contributed by atoms with Gasteiger partial charge in [-0.2, -0.15) is 13.2 Å². The molecule has 0 saturated carbocycles. The average Bonchev–Trinajstić information content (AvgIpc) is 4.05. The third kappa shape index (κ3) is 14.5. The van der Waals surface area contributed by atoms with E-state index in [1.807, 2.05) is 11.4 Å². The van der Waals surface area contributed by atoms with Crippen molar-refractivity contribution in [1.29, 1.82) is 0 Å². The minimum Gasteiger partial charge on any atom is -0.573 e. The molecule has 0 bridgehead atoms. The van der Waals surface area contributed by atoms with Crippen LogP contribution in [0.1, 0.15) is 60.6 Å². The van der Waals surface area contributed by atoms with Gasteiger partial charge < -0.3 is 29.1 Å². The summed E-state index contributed by atoms with van der Waals surface area (Å²) in [7, 11) is 1.56. The number of nitrogens with zero attached hydrogens (tertiary/aromatic N) is 6. The van der Waals surface area contributed by atoms with E-state index < -0.39 is 11.9 Å². The van der Waals surface area contributed by atoms with Crippen LogP contribution in [0.15, 0.2) is 115 Å². The fourth-order valence-corrected chi connectivity index (χ4v) is 7.48. The molecule has 1 aromatic carbocycles. The van der Waals surface area contributed by atoms with Crippen LogP contribution < -0.4 is 9.84 Å². The number of aryl methyl sites for hydroxylation is 1. The van der Waals surface area contributed by atoms with Gasteiger partial charge in [0.05, 0.1) is 48.7 Å². The van der Waals surface area contributed by atoms with Crippen LogP contribution in [-0.2, 0) is 60.7 Å². The minimum atomic E-state index is -4.57. The number of ether oxygens (including phenoxy) is 4. The number of rotatable bonds is 20. The second kappa shape index (κ2) is 26.1. The molecule has 7 aromatic rings. The van der Waals surface area contributed by atoms with Crippen LogP contribution in [0.2, 0.25) is 0 Å². The number of unbranched alkanes of at least 4 members (excludes halogenated alkanes) is 3. The predicted molar refractivity (Wildman–Crippen MR) is 247 cm³/mol. The number of methoxy groups -OCH3 is 1. The number of thiophene rings is 1. The number of carbonyl (C=O) groups excluding carboxylic acids is 3. The molecule has 0 aliphatic rings. The zero-order valence-electron chi connectivity index (χ0n) is 36.4. The standard InChI is InChI=1S/C26H24F3N3OS.C24H17N3O6.Ru/c1-3-4-5-6-9-17-12-13-34-25(17)18-14-20(19-10-7-8-11-23(19)33-2)30-21(15-18)22-16-24(32-31-22)26(27,28)29;28-15-31-8-3-18-1-6-25-21(11-18)23-13-20(5-10-33-17-30)14-24(27-23)22-12-19(2-7-26-22)4-9-32-16-29;/h7-8,11-16H,3-6,9H2,1-2H3;1-17H;/q-2;;+2/b;8-3+,9-4+,10-5+;. The van der Waals surface area contributed by atoms with E-state index in [1.54, 1.807) is 110 Å². The van der Waals surface area contributed by atoms with Gasteiger partial charge in [0.1, 0.15) is 5.69 Å². The monoisotopic (exact) mass is 1030 g/mol. The molecule has 0 aliphatic heterocycles. The summed E-state index contributed by atoms with van der Waals surface area (Å²) in [6.07, 6.45) is 12.8. The van der Waals surface area contributed by atoms with Gasteiger partial charge in [-0.1, -0.05) is 43.5 Å². The Hall–Kier alpha value is -7.43. The molecule has 68 heavy (non-hydrogen) atoms. The maximum atomic E-state index is 13.1. The topological polar surface area (TPSA) is 167 Å². The fraction of sp³-hybridized carbons (Fsp3) is 0.160. The van der Waals surface area contributed by atoms with Crippen LogP contribution >= 0.6 is 11.3 Å². The Morgan fingerprint density at radius 2 is 1.29 bits per heavy atom. The van der Waals surface area contributed by atoms with E-state index in [4.69, 9.17) is 4.74 Å². The molecule has 13 nitrogen and oxygen atoms in total. The fourth-order valence-electron chi connectivity index (χ4n) is 6.54. The number of hydrogen-bond acceptors (Lipinski definition) is 13. The summed E-state index contributed by atoms with van der Waals surface area (Å²) < 4.78 is 58.8. The van der Waals surface area contributed by atoms with Crippen LogP contribution in [0.5, 0.6) is 5.75 Å². The molecule has 0 amide bonds. The Labute approximate surface area is 406 Å². The molecular formula is C50H41F3N6O7RuS. The number of pyridine rings is 4. The first-order chi connectivity index (χ1) is 32.6. The first kappa shape index (κ1) is 51.6. The largest absolute Gasteiger partial charge is 2.00 e. The quantitative estimate of drug-likeness (QED) is 0.0177. The summed E-state index contributed by atoms with van der Waals surface area (Å²) in [5.41, 5.74) is 7.01. The van der Waals surface area contributed by atoms with Gasteiger partial charge in [-0.25, -0.2) is 4.98 Å². The third-order valence-corrected chi connectivity index (χ3v) is 10.6. The molecule has 0 fully saturated rings. The number of alkyl halides is 3. The summed E-state index contributed by atoms with van der Waals surface area (Å²) in [6.45, 7) is 3.15. The first-order valence-corrected chi connectivity index (χ1v) is 21.5. The molecule has 348 valence electrons. The normalized spacial score (nSPS) is 11.2. The Kier molecular flexibility index (Phi) is 19.8. The Bertz CT molecular complexity index is 2780. The SMILES string of the molecule is CCCCCCc1ccsc1-c1cc(-c2cc(C(F)(F)F)n[n-]2)nc(-c2[c-]cccc2OC)c1.O=CO/C=C/c1ccnc(-c2cc(/C=C/OC=O)cc(-c3cc(/C=C/OC=O)ccn3)n2)c1.[Ru+2]. The Balaban J connectivity index is 0.000000251. The minimum absolute atomic E-state index is 0. The van der Waals surface area contributed by atoms with Crippen molar-refractivity contribution in [2.45, 2.75) is 45.2 Å². The summed E-state index contributed by atoms with van der Waals surface area (Å²) in [5, 5.41) is 9.14. The van der Waals surface area contributed by atoms with Gasteiger partial charge >= 0.3 is 25.7 Å². The van der Waals surface area contributed by atoms with E-state index in [2.05, 4.69) is 63.4 Å². The maximum Gasteiger partial charge on any atom is 2.00 e. The number of aromatic nitrogens is 6. The maximum absolute atomic E-state index is 13.1. The van der Waals surface area contributed by atoms with Gasteiger partial charge in [0.25, 0.3) is 19.4 Å². The molecule has 0 N–H and O–H groups in total. The Morgan fingerprint density at radius 3 is 1.87 bits per heavy atom. The molecule has 0 radical (unpaired) electrons. The van der Waals surface area contributed by atoms with Crippen LogP contribution in [0, 0.1) is 6.07 Å². The van der Waals surface area contributed by atoms with Crippen LogP contribution in [-0.4, -0.2) is 51.6 Å². The Morgan fingerprint density at radius 1 is 0.706 bits per heavy atom. The van der Waals surface area contributed by atoms with Gasteiger partial charge in [0.2, 0.25) is 0 Å². The van der Waals surface area contributed by atoms with Crippen molar-refractivity contribution in [3.63, 3.8) is 0 Å². The third-order valence-electron chi connectivity index (χ3n) is 9.64. The molecule has 18 heteroatoms. The number of carbonyl (C=O) groups is 3. The summed E-state index contributed by atoms with van der Waals surface area (Å²) >= 11 is 1.61.